The van der Waals surface area contributed by atoms with Gasteiger partial charge in [-0.25, -0.2) is 4.98 Å². The topological polar surface area (TPSA) is 152 Å². The Balaban J connectivity index is 1.38. The molecule has 2 heterocycles. The molecule has 2 aromatic carbocycles. The van der Waals surface area contributed by atoms with Crippen LogP contribution in [0.4, 0.5) is 0 Å². The lowest BCUT2D eigenvalue weighted by molar-refractivity contribution is -0.132. The molecule has 2 aromatic heterocycles. The van der Waals surface area contributed by atoms with E-state index >= 15 is 0 Å². The maximum atomic E-state index is 14.3. The fourth-order valence-corrected chi connectivity index (χ4v) is 7.25. The zero-order valence-corrected chi connectivity index (χ0v) is 34.8. The van der Waals surface area contributed by atoms with Crippen molar-refractivity contribution in [3.63, 3.8) is 0 Å². The number of aromatic amines is 1. The maximum absolute atomic E-state index is 14.3. The minimum atomic E-state index is -0.909. The van der Waals surface area contributed by atoms with Crippen LogP contribution in [0.2, 0.25) is 0 Å². The normalized spacial score (nSPS) is 12.8. The molecule has 4 rings (SSSR count). The highest BCUT2D eigenvalue weighted by Gasteiger charge is 2.29. The summed E-state index contributed by atoms with van der Waals surface area (Å²) in [6.45, 7) is 3.53. The van der Waals surface area contributed by atoms with Gasteiger partial charge >= 0.3 is 0 Å². The van der Waals surface area contributed by atoms with Crippen LogP contribution in [0.1, 0.15) is 113 Å². The number of amides is 3. The first kappa shape index (κ1) is 45.7. The molecular formula is C47H67N7O4. The Morgan fingerprint density at radius 3 is 1.97 bits per heavy atom. The van der Waals surface area contributed by atoms with Crippen LogP contribution >= 0.6 is 0 Å². The highest BCUT2D eigenvalue weighted by Crippen LogP contribution is 2.15. The van der Waals surface area contributed by atoms with Crippen molar-refractivity contribution in [2.45, 2.75) is 134 Å². The van der Waals surface area contributed by atoms with Crippen molar-refractivity contribution in [3.05, 3.63) is 114 Å². The number of benzene rings is 2. The van der Waals surface area contributed by atoms with Crippen molar-refractivity contribution in [3.8, 4) is 5.75 Å². The average molecular weight is 794 g/mol. The Morgan fingerprint density at radius 2 is 1.33 bits per heavy atom. The van der Waals surface area contributed by atoms with Gasteiger partial charge in [-0.2, -0.15) is 0 Å². The smallest absolute Gasteiger partial charge is 0.243 e. The third-order valence-electron chi connectivity index (χ3n) is 10.6. The van der Waals surface area contributed by atoms with Gasteiger partial charge in [0.15, 0.2) is 0 Å². The first-order chi connectivity index (χ1) is 28.3. The molecule has 3 atom stereocenters. The van der Waals surface area contributed by atoms with E-state index in [1.54, 1.807) is 30.9 Å². The summed E-state index contributed by atoms with van der Waals surface area (Å²) in [4.78, 5) is 55.4. The number of carbonyl (C=O) groups excluding carboxylic acids is 3. The van der Waals surface area contributed by atoms with Crippen LogP contribution in [0.25, 0.3) is 0 Å². The number of hydrogen-bond donors (Lipinski definition) is 5. The molecule has 0 bridgehead atoms. The highest BCUT2D eigenvalue weighted by molar-refractivity contribution is 5.92. The number of imidazole rings is 1. The number of aromatic nitrogens is 3. The molecule has 3 amide bonds. The van der Waals surface area contributed by atoms with E-state index in [2.05, 4.69) is 42.7 Å². The highest BCUT2D eigenvalue weighted by atomic mass is 16.3. The molecule has 11 heteroatoms. The monoisotopic (exact) mass is 794 g/mol. The lowest BCUT2D eigenvalue weighted by Crippen LogP contribution is -2.57. The first-order valence-corrected chi connectivity index (χ1v) is 21.6. The summed E-state index contributed by atoms with van der Waals surface area (Å²) in [7, 11) is 2.02. The lowest BCUT2D eigenvalue weighted by Gasteiger charge is -2.28. The third-order valence-corrected chi connectivity index (χ3v) is 10.6. The molecule has 0 unspecified atom stereocenters. The van der Waals surface area contributed by atoms with E-state index in [9.17, 15) is 19.5 Å². The number of rotatable bonds is 29. The minimum Gasteiger partial charge on any atom is -0.508 e. The Labute approximate surface area is 346 Å². The summed E-state index contributed by atoms with van der Waals surface area (Å²) in [6, 6.07) is 20.4. The fraction of sp³-hybridized carbons (Fsp3) is 0.511. The summed E-state index contributed by atoms with van der Waals surface area (Å²) in [6.07, 6.45) is 21.6. The third kappa shape index (κ3) is 18.5. The molecule has 0 aliphatic heterocycles. The van der Waals surface area contributed by atoms with E-state index in [1.165, 1.54) is 57.8 Å². The quantitative estimate of drug-likeness (QED) is 0.0363. The van der Waals surface area contributed by atoms with Crippen molar-refractivity contribution in [1.29, 1.82) is 0 Å². The number of carbonyl (C=O) groups is 3. The van der Waals surface area contributed by atoms with Gasteiger partial charge in [-0.3, -0.25) is 19.4 Å². The number of pyridine rings is 1. The molecule has 4 aromatic rings. The number of aromatic hydroxyl groups is 1. The van der Waals surface area contributed by atoms with E-state index in [0.717, 1.165) is 49.0 Å². The standard InChI is InChI=1S/C47H67N7O4/c1-3-4-5-6-7-8-9-10-11-12-13-17-23-45(56)52-44(33-40-34-48-36-50-40)47(58)53-43(32-37-20-15-14-16-21-37)46(57)51-41(31-38-24-26-42(55)27-25-38)35-54(2)30-28-39-22-18-19-29-49-39/h14-16,18-22,24-27,29,34,36,41,43-44,55H,3-13,17,23,28,30-33,35H2,1-2H3,(H,48,50)(H,51,57)(H,52,56)(H,53,58)/t41-,43-,44-/m0/s1. The van der Waals surface area contributed by atoms with Crippen LogP contribution < -0.4 is 16.0 Å². The predicted molar refractivity (Wildman–Crippen MR) is 231 cm³/mol. The van der Waals surface area contributed by atoms with E-state index in [4.69, 9.17) is 0 Å². The van der Waals surface area contributed by atoms with Crippen LogP contribution in [0.5, 0.6) is 5.75 Å². The zero-order chi connectivity index (χ0) is 41.2. The molecule has 0 saturated heterocycles. The summed E-state index contributed by atoms with van der Waals surface area (Å²) < 4.78 is 0. The molecule has 0 aliphatic carbocycles. The molecule has 0 fully saturated rings. The number of nitrogens with one attached hydrogen (secondary N) is 4. The summed E-state index contributed by atoms with van der Waals surface area (Å²) in [5, 5.41) is 19.1. The van der Waals surface area contributed by atoms with Gasteiger partial charge in [0.1, 0.15) is 17.8 Å². The van der Waals surface area contributed by atoms with Crippen LogP contribution in [0, 0.1) is 0 Å². The SMILES string of the molecule is CCCCCCCCCCCCCCC(=O)N[C@@H](Cc1cnc[nH]1)C(=O)N[C@@H](Cc1ccccc1)C(=O)N[C@@H](Cc1ccc(O)cc1)CN(C)CCc1ccccn1. The lowest BCUT2D eigenvalue weighted by atomic mass is 10.0. The number of hydrogen-bond acceptors (Lipinski definition) is 7. The first-order valence-electron chi connectivity index (χ1n) is 21.6. The Kier molecular flexibility index (Phi) is 21.1. The van der Waals surface area contributed by atoms with Crippen LogP contribution in [0.15, 0.2) is 91.5 Å². The van der Waals surface area contributed by atoms with Gasteiger partial charge in [0.05, 0.1) is 6.33 Å². The Hall–Kier alpha value is -5.03. The van der Waals surface area contributed by atoms with Gasteiger partial charge in [-0.1, -0.05) is 126 Å². The second kappa shape index (κ2) is 26.8. The summed E-state index contributed by atoms with van der Waals surface area (Å²) >= 11 is 0. The van der Waals surface area contributed by atoms with Gasteiger partial charge in [0.25, 0.3) is 0 Å². The Morgan fingerprint density at radius 1 is 0.707 bits per heavy atom. The molecule has 314 valence electrons. The minimum absolute atomic E-state index is 0.174. The van der Waals surface area contributed by atoms with Crippen LogP contribution in [0.3, 0.4) is 0 Å². The number of unbranched alkanes of at least 4 members (excludes halogenated alkanes) is 11. The molecular weight excluding hydrogens is 727 g/mol. The molecule has 0 saturated carbocycles. The number of phenolic OH excluding ortho intramolecular Hbond substituents is 1. The van der Waals surface area contributed by atoms with Crippen molar-refractivity contribution in [2.24, 2.45) is 0 Å². The Bertz CT molecular complexity index is 1700. The van der Waals surface area contributed by atoms with Gasteiger partial charge in [-0.15, -0.1) is 0 Å². The molecule has 0 spiro atoms. The predicted octanol–water partition coefficient (Wildman–Crippen LogP) is 7.26. The second-order valence-electron chi connectivity index (χ2n) is 15.7. The fourth-order valence-electron chi connectivity index (χ4n) is 7.25. The molecule has 58 heavy (non-hydrogen) atoms. The van der Waals surface area contributed by atoms with E-state index in [1.807, 2.05) is 67.7 Å². The van der Waals surface area contributed by atoms with Crippen molar-refractivity contribution in [1.82, 2.24) is 35.8 Å². The van der Waals surface area contributed by atoms with E-state index in [0.29, 0.717) is 25.1 Å². The van der Waals surface area contributed by atoms with Crippen molar-refractivity contribution >= 4 is 17.7 Å². The van der Waals surface area contributed by atoms with Crippen LogP contribution in [-0.2, 0) is 40.1 Å². The number of nitrogens with zero attached hydrogens (tertiary/aromatic N) is 3. The van der Waals surface area contributed by atoms with Gasteiger partial charge in [0, 0.05) is 68.6 Å². The molecule has 0 aliphatic rings. The zero-order valence-electron chi connectivity index (χ0n) is 34.8. The van der Waals surface area contributed by atoms with Crippen molar-refractivity contribution in [2.75, 3.05) is 20.1 Å². The molecule has 5 N–H and O–H groups in total. The average Bonchev–Trinajstić information content (AvgIpc) is 3.75. The summed E-state index contributed by atoms with van der Waals surface area (Å²) in [5.41, 5.74) is 3.55. The summed E-state index contributed by atoms with van der Waals surface area (Å²) in [5.74, 6) is -0.759. The number of likely N-dealkylation sites (N-methyl/N-ethyl adjacent to an activating group) is 1. The van der Waals surface area contributed by atoms with Crippen molar-refractivity contribution < 1.29 is 19.5 Å². The van der Waals surface area contributed by atoms with E-state index < -0.39 is 18.0 Å². The number of H-pyrrole nitrogens is 1. The largest absolute Gasteiger partial charge is 0.508 e. The van der Waals surface area contributed by atoms with Gasteiger partial charge < -0.3 is 30.9 Å². The number of phenols is 1. The maximum Gasteiger partial charge on any atom is 0.243 e. The van der Waals surface area contributed by atoms with Gasteiger partial charge in [-0.05, 0) is 55.3 Å². The van der Waals surface area contributed by atoms with Crippen LogP contribution in [-0.4, -0.2) is 80.9 Å². The van der Waals surface area contributed by atoms with Gasteiger partial charge in [0.2, 0.25) is 17.7 Å². The molecule has 11 nitrogen and oxygen atoms in total. The van der Waals surface area contributed by atoms with E-state index in [-0.39, 0.29) is 36.4 Å². The molecule has 0 radical (unpaired) electrons. The second-order valence-corrected chi connectivity index (χ2v) is 15.7.